The molecule has 0 amide bonds. The van der Waals surface area contributed by atoms with Gasteiger partial charge >= 0.3 is 496 Å². The fourth-order valence-corrected chi connectivity index (χ4v) is 34.1. The zero-order valence-electron chi connectivity index (χ0n) is 42.7. The molecule has 0 atom stereocenters. The van der Waals surface area contributed by atoms with E-state index in [4.69, 9.17) is 0 Å². The average Bonchev–Trinajstić information content (AvgIpc) is 3.38. The van der Waals surface area contributed by atoms with Gasteiger partial charge in [0.2, 0.25) is 0 Å². The molecule has 0 heterocycles. The normalized spacial score (nSPS) is 11.4. The van der Waals surface area contributed by atoms with Crippen molar-refractivity contribution in [2.45, 2.75) is 55.4 Å². The van der Waals surface area contributed by atoms with Gasteiger partial charge in [-0.15, -0.1) is 0 Å². The van der Waals surface area contributed by atoms with Crippen LogP contribution in [0.25, 0.3) is 10.8 Å². The summed E-state index contributed by atoms with van der Waals surface area (Å²) in [5, 5.41) is 3.20. The number of hydrogen-bond acceptors (Lipinski definition) is 0. The molecule has 0 unspecified atom stereocenters. The molecule has 368 valence electrons. The van der Waals surface area contributed by atoms with E-state index < -0.39 is 0 Å². The number of hydrogen-bond donors (Lipinski definition) is 0. The Morgan fingerprint density at radius 3 is 0.446 bits per heavy atom. The molecule has 0 fully saturated rings. The van der Waals surface area contributed by atoms with Gasteiger partial charge in [-0.1, -0.05) is 0 Å². The van der Waals surface area contributed by atoms with Crippen molar-refractivity contribution in [2.24, 2.45) is 0 Å². The Morgan fingerprint density at radius 2 is 0.311 bits per heavy atom. The van der Waals surface area contributed by atoms with Crippen molar-refractivity contribution in [3.8, 4) is 0 Å². The monoisotopic (exact) mass is 1490 g/mol. The van der Waals surface area contributed by atoms with Crippen LogP contribution in [-0.4, -0.2) is 120 Å². The van der Waals surface area contributed by atoms with Gasteiger partial charge in [0.1, 0.15) is 0 Å². The van der Waals surface area contributed by atoms with E-state index in [2.05, 4.69) is 250 Å². The summed E-state index contributed by atoms with van der Waals surface area (Å²) in [5.41, 5.74) is 10.7. The second kappa shape index (κ2) is 24.9. The molecule has 0 bridgehead atoms. The number of rotatable bonds is 16. The molecule has 0 aliphatic carbocycles. The number of aryl methyl sites for hydroxylation is 8. The summed E-state index contributed by atoms with van der Waals surface area (Å²) in [5.74, 6) is 0. The van der Waals surface area contributed by atoms with Crippen molar-refractivity contribution in [1.29, 1.82) is 0 Å². The van der Waals surface area contributed by atoms with Crippen LogP contribution < -0.4 is 71.4 Å². The van der Waals surface area contributed by atoms with E-state index in [1.54, 1.807) is 46.5 Å². The Morgan fingerprint density at radius 1 is 0.176 bits per heavy atom. The zero-order chi connectivity index (χ0) is 51.3. The van der Waals surface area contributed by atoms with Gasteiger partial charge in [0, 0.05) is 0 Å². The summed E-state index contributed by atoms with van der Waals surface area (Å²) < 4.78 is 24.8. The molecule has 0 spiro atoms. The van der Waals surface area contributed by atoms with E-state index >= 15 is 0 Å². The molecule has 8 heteroatoms. The average molecular weight is 1480 g/mol. The number of benzene rings is 10. The van der Waals surface area contributed by atoms with Crippen molar-refractivity contribution < 1.29 is 0 Å². The minimum atomic E-state index is 0.0132. The predicted octanol–water partition coefficient (Wildman–Crippen LogP) is 2.55. The van der Waals surface area contributed by atoms with E-state index in [9.17, 15) is 0 Å². The van der Waals surface area contributed by atoms with Crippen LogP contribution >= 0.6 is 0 Å². The molecule has 0 N–H and O–H groups in total. The maximum absolute atomic E-state index is 2.50. The number of fused-ring (bicyclic) bond motifs is 1. The summed E-state index contributed by atoms with van der Waals surface area (Å²) in [6.45, 7) is 18.2. The van der Waals surface area contributed by atoms with Crippen LogP contribution in [0.3, 0.4) is 0 Å². The van der Waals surface area contributed by atoms with E-state index in [1.165, 1.54) is 80.2 Å². The second-order valence-electron chi connectivity index (χ2n) is 18.7. The summed E-state index contributed by atoms with van der Waals surface area (Å²) >= 11 is 0.223. The fraction of sp³-hybridized carbons (Fsp3) is 0.121. The standard InChI is InChI=1S/C66H56Se8/c1-41-17-9-25-49(33-41)67-59-57-58(61(69-51-27-11-19-43(3)35-51)64(72-54-30-14-22-46(6)38-54)63(59)71-53-29-13-21-45(5)37-53)62(70-52-28-12-20-44(4)36-52)66(74-56-32-16-24-48(8)40-56)65(73-55-31-15-23-47(7)39-55)60(57)68-50-26-10-18-42(2)34-50/h9-40H,1-8H3. The molecule has 74 heavy (non-hydrogen) atoms. The topological polar surface area (TPSA) is 0 Å². The van der Waals surface area contributed by atoms with E-state index in [1.807, 2.05) is 0 Å². The van der Waals surface area contributed by atoms with Gasteiger partial charge in [-0.3, -0.25) is 0 Å². The first-order valence-corrected chi connectivity index (χ1v) is 38.3. The van der Waals surface area contributed by atoms with Crippen LogP contribution in [-0.2, 0) is 0 Å². The van der Waals surface area contributed by atoms with Gasteiger partial charge in [-0.25, -0.2) is 0 Å². The Labute approximate surface area is 490 Å². The molecular weight excluding hydrogens is 1420 g/mol. The molecule has 0 radical (unpaired) electrons. The van der Waals surface area contributed by atoms with Crippen molar-refractivity contribution in [1.82, 2.24) is 0 Å². The fourth-order valence-electron chi connectivity index (χ4n) is 8.66. The maximum atomic E-state index is 2.50. The Hall–Kier alpha value is -3.38. The third-order valence-corrected chi connectivity index (χ3v) is 34.5. The van der Waals surface area contributed by atoms with E-state index in [0.29, 0.717) is 0 Å². The summed E-state index contributed by atoms with van der Waals surface area (Å²) in [6.07, 6.45) is 0. The van der Waals surface area contributed by atoms with Crippen LogP contribution in [0.4, 0.5) is 0 Å². The molecule has 0 saturated heterocycles. The zero-order valence-corrected chi connectivity index (χ0v) is 56.4. The molecule has 0 saturated carbocycles. The molecule has 0 aliphatic rings. The molecular formula is C66H56Se8. The first-order valence-electron chi connectivity index (χ1n) is 24.6. The summed E-state index contributed by atoms with van der Waals surface area (Å²) in [7, 11) is 0. The first kappa shape index (κ1) is 54.0. The molecule has 0 nitrogen and oxygen atoms in total. The van der Waals surface area contributed by atoms with Gasteiger partial charge in [0.05, 0.1) is 0 Å². The summed E-state index contributed by atoms with van der Waals surface area (Å²) in [6, 6.07) is 76.2. The predicted molar refractivity (Wildman–Crippen MR) is 334 cm³/mol. The molecule has 10 aromatic rings. The SMILES string of the molecule is Cc1cccc([Se]c2c([Se]c3cccc(C)c3)c([Se]c3cccc(C)c3)c3c([Se]c4cccc(C)c4)c([Se]c4cccc(C)c4)c([Se]c4cccc(C)c4)c([Se]c4cccc(C)c4)c3c2[Se]c2cccc(C)c2)c1. The van der Waals surface area contributed by atoms with Crippen molar-refractivity contribution in [3.63, 3.8) is 0 Å². The molecule has 0 aromatic heterocycles. The van der Waals surface area contributed by atoms with Crippen LogP contribution in [0.15, 0.2) is 194 Å². The minimum absolute atomic E-state index is 0.0132. The summed E-state index contributed by atoms with van der Waals surface area (Å²) in [4.78, 5) is 0. The van der Waals surface area contributed by atoms with E-state index in [0.717, 1.165) is 0 Å². The second-order valence-corrected chi connectivity index (χ2v) is 36.9. The molecule has 10 aromatic carbocycles. The Bertz CT molecular complexity index is 3210. The van der Waals surface area contributed by atoms with Crippen molar-refractivity contribution in [3.05, 3.63) is 239 Å². The first-order chi connectivity index (χ1) is 35.9. The van der Waals surface area contributed by atoms with Crippen molar-refractivity contribution in [2.75, 3.05) is 0 Å². The molecule has 10 rings (SSSR count). The van der Waals surface area contributed by atoms with Gasteiger partial charge in [-0.2, -0.15) is 0 Å². The third-order valence-electron chi connectivity index (χ3n) is 12.1. The van der Waals surface area contributed by atoms with Gasteiger partial charge in [-0.05, 0) is 0 Å². The van der Waals surface area contributed by atoms with Crippen LogP contribution in [0, 0.1) is 55.4 Å². The Kier molecular flexibility index (Phi) is 18.2. The van der Waals surface area contributed by atoms with Gasteiger partial charge < -0.3 is 0 Å². The van der Waals surface area contributed by atoms with Crippen LogP contribution in [0.2, 0.25) is 0 Å². The molecule has 0 aliphatic heterocycles. The van der Waals surface area contributed by atoms with Crippen molar-refractivity contribution >= 4 is 202 Å². The van der Waals surface area contributed by atoms with Crippen LogP contribution in [0.5, 0.6) is 0 Å². The Balaban J connectivity index is 1.47. The van der Waals surface area contributed by atoms with E-state index in [-0.39, 0.29) is 120 Å². The van der Waals surface area contributed by atoms with Gasteiger partial charge in [0.25, 0.3) is 0 Å². The third kappa shape index (κ3) is 13.5. The van der Waals surface area contributed by atoms with Gasteiger partial charge in [0.15, 0.2) is 0 Å². The van der Waals surface area contributed by atoms with Crippen LogP contribution in [0.1, 0.15) is 44.5 Å². The quantitative estimate of drug-likeness (QED) is 0.131.